The number of aryl methyl sites for hydroxylation is 2. The molecule has 5 rings (SSSR count). The average Bonchev–Trinajstić information content (AvgIpc) is 3.63. The molecule has 11 nitrogen and oxygen atoms in total. The van der Waals surface area contributed by atoms with Crippen molar-refractivity contribution in [1.29, 1.82) is 0 Å². The van der Waals surface area contributed by atoms with Gasteiger partial charge in [0.05, 0.1) is 37.0 Å². The number of methoxy groups -OCH3 is 2. The van der Waals surface area contributed by atoms with Gasteiger partial charge in [-0.3, -0.25) is 4.98 Å². The predicted molar refractivity (Wildman–Crippen MR) is 159 cm³/mol. The number of H-pyrrole nitrogens is 1. The molecule has 12 heteroatoms. The molecule has 2 heterocycles. The molecule has 1 saturated carbocycles. The van der Waals surface area contributed by atoms with E-state index in [-0.39, 0.29) is 28.9 Å². The molecule has 0 bridgehead atoms. The van der Waals surface area contributed by atoms with Crippen molar-refractivity contribution in [2.75, 3.05) is 27.4 Å². The lowest BCUT2D eigenvalue weighted by molar-refractivity contribution is 0.341. The van der Waals surface area contributed by atoms with Crippen LogP contribution in [-0.4, -0.2) is 55.1 Å². The Morgan fingerprint density at radius 1 is 1.02 bits per heavy atom. The maximum absolute atomic E-state index is 13.3. The van der Waals surface area contributed by atoms with E-state index in [1.54, 1.807) is 27.2 Å². The summed E-state index contributed by atoms with van der Waals surface area (Å²) in [5.41, 5.74) is 2.33. The normalized spacial score (nSPS) is 14.0. The summed E-state index contributed by atoms with van der Waals surface area (Å²) in [5.74, 6) is 2.75. The van der Waals surface area contributed by atoms with Crippen LogP contribution in [0.4, 0.5) is 0 Å². The first-order valence-electron chi connectivity index (χ1n) is 14.2. The highest BCUT2D eigenvalue weighted by Gasteiger charge is 2.26. The number of nitrogens with zero attached hydrogens (tertiary/aromatic N) is 3. The maximum atomic E-state index is 13.3. The molecule has 4 aromatic rings. The maximum Gasteiger partial charge on any atom is 0.334 e. The molecule has 0 atom stereocenters. The van der Waals surface area contributed by atoms with E-state index >= 15 is 0 Å². The third-order valence-corrected chi connectivity index (χ3v) is 9.09. The number of nitrogens with one attached hydrogen (secondary N) is 2. The van der Waals surface area contributed by atoms with Gasteiger partial charge in [-0.15, -0.1) is 0 Å². The fourth-order valence-corrected chi connectivity index (χ4v) is 6.65. The van der Waals surface area contributed by atoms with Crippen LogP contribution in [0.15, 0.2) is 46.1 Å². The Hall–Kier alpha value is -3.90. The molecule has 42 heavy (non-hydrogen) atoms. The molecule has 0 unspecified atom stereocenters. The van der Waals surface area contributed by atoms with Gasteiger partial charge in [0, 0.05) is 12.5 Å². The van der Waals surface area contributed by atoms with Gasteiger partial charge >= 0.3 is 5.69 Å². The fourth-order valence-electron chi connectivity index (χ4n) is 5.55. The van der Waals surface area contributed by atoms with Crippen LogP contribution in [0.3, 0.4) is 0 Å². The largest absolute Gasteiger partial charge is 0.493 e. The lowest BCUT2D eigenvalue weighted by atomic mass is 10.0. The Kier molecular flexibility index (Phi) is 8.83. The number of hydrogen-bond acceptors (Lipinski definition) is 8. The predicted octanol–water partition coefficient (Wildman–Crippen LogP) is 4.38. The summed E-state index contributed by atoms with van der Waals surface area (Å²) in [7, 11) is -0.699. The van der Waals surface area contributed by atoms with E-state index in [2.05, 4.69) is 9.71 Å². The van der Waals surface area contributed by atoms with Gasteiger partial charge in [-0.2, -0.15) is 0 Å². The van der Waals surface area contributed by atoms with Crippen molar-refractivity contribution < 1.29 is 22.6 Å². The fraction of sp³-hybridized carbons (Fsp3) is 0.433. The number of sulfonamides is 1. The standard InChI is InChI=1S/C30H37N5O6S/c1-5-41-24-15-13-22(42(37,38)31-16-8-9-20-12-14-25(39-3)26(17-20)40-4)18-23(24)28-33-29-27(21-10-6-7-11-21)32-19(2)35(29)30(36)34-28/h12-15,17-18,21,31H,5-11,16H2,1-4H3,(H,33,34,36). The molecule has 0 saturated heterocycles. The molecule has 0 aliphatic heterocycles. The average molecular weight is 596 g/mol. The molecule has 0 spiro atoms. The third-order valence-electron chi connectivity index (χ3n) is 7.63. The van der Waals surface area contributed by atoms with Crippen LogP contribution in [-0.2, 0) is 16.4 Å². The monoisotopic (exact) mass is 595 g/mol. The van der Waals surface area contributed by atoms with E-state index in [0.717, 1.165) is 36.9 Å². The summed E-state index contributed by atoms with van der Waals surface area (Å²) in [5, 5.41) is 0. The first-order chi connectivity index (χ1) is 20.2. The van der Waals surface area contributed by atoms with Gasteiger partial charge in [0.25, 0.3) is 0 Å². The van der Waals surface area contributed by atoms with E-state index < -0.39 is 10.0 Å². The molecule has 0 amide bonds. The minimum Gasteiger partial charge on any atom is -0.493 e. The van der Waals surface area contributed by atoms with Crippen molar-refractivity contribution in [2.24, 2.45) is 0 Å². The Bertz CT molecular complexity index is 1740. The van der Waals surface area contributed by atoms with Crippen molar-refractivity contribution in [3.05, 3.63) is 64.0 Å². The Morgan fingerprint density at radius 3 is 2.48 bits per heavy atom. The Morgan fingerprint density at radius 2 is 1.76 bits per heavy atom. The first kappa shape index (κ1) is 29.6. The topological polar surface area (TPSA) is 137 Å². The minimum atomic E-state index is -3.86. The molecule has 2 N–H and O–H groups in total. The molecule has 0 radical (unpaired) electrons. The second-order valence-electron chi connectivity index (χ2n) is 10.4. The number of rotatable bonds is 12. The molecular weight excluding hydrogens is 558 g/mol. The highest BCUT2D eigenvalue weighted by molar-refractivity contribution is 7.89. The van der Waals surface area contributed by atoms with Crippen LogP contribution in [0.5, 0.6) is 17.2 Å². The summed E-state index contributed by atoms with van der Waals surface area (Å²) in [6, 6.07) is 10.2. The second kappa shape index (κ2) is 12.5. The molecular formula is C30H37N5O6S. The van der Waals surface area contributed by atoms with Crippen LogP contribution in [0, 0.1) is 6.92 Å². The van der Waals surface area contributed by atoms with Gasteiger partial charge in [0.2, 0.25) is 10.0 Å². The van der Waals surface area contributed by atoms with E-state index in [1.165, 1.54) is 16.5 Å². The summed E-state index contributed by atoms with van der Waals surface area (Å²) in [6.45, 7) is 4.23. The summed E-state index contributed by atoms with van der Waals surface area (Å²) in [4.78, 5) is 25.6. The van der Waals surface area contributed by atoms with Gasteiger partial charge in [-0.05, 0) is 75.4 Å². The van der Waals surface area contributed by atoms with Crippen molar-refractivity contribution in [2.45, 2.75) is 63.2 Å². The minimum absolute atomic E-state index is 0.0512. The SMILES string of the molecule is CCOc1ccc(S(=O)(=O)NCCCc2ccc(OC)c(OC)c2)cc1-c1nc2c(C3CCCC3)nc(C)n2c(=O)[nH]1. The van der Waals surface area contributed by atoms with E-state index in [1.807, 2.05) is 25.1 Å². The number of imidazole rings is 1. The van der Waals surface area contributed by atoms with Gasteiger partial charge in [0.15, 0.2) is 17.1 Å². The Balaban J connectivity index is 1.40. The quantitative estimate of drug-likeness (QED) is 0.230. The van der Waals surface area contributed by atoms with Crippen LogP contribution in [0.1, 0.15) is 62.0 Å². The van der Waals surface area contributed by atoms with Crippen LogP contribution in [0.2, 0.25) is 0 Å². The number of ether oxygens (including phenoxy) is 3. The highest BCUT2D eigenvalue weighted by atomic mass is 32.2. The van der Waals surface area contributed by atoms with Gasteiger partial charge in [-0.25, -0.2) is 32.3 Å². The number of fused-ring (bicyclic) bond motifs is 1. The van der Waals surface area contributed by atoms with Gasteiger partial charge < -0.3 is 14.2 Å². The van der Waals surface area contributed by atoms with Crippen LogP contribution >= 0.6 is 0 Å². The lowest BCUT2D eigenvalue weighted by Crippen LogP contribution is -2.25. The smallest absolute Gasteiger partial charge is 0.334 e. The third kappa shape index (κ3) is 6.00. The Labute approximate surface area is 245 Å². The molecule has 2 aromatic carbocycles. The van der Waals surface area contributed by atoms with Crippen LogP contribution in [0.25, 0.3) is 17.0 Å². The van der Waals surface area contributed by atoms with Gasteiger partial charge in [-0.1, -0.05) is 18.9 Å². The summed E-state index contributed by atoms with van der Waals surface area (Å²) in [6.07, 6.45) is 5.48. The van der Waals surface area contributed by atoms with Crippen molar-refractivity contribution in [3.63, 3.8) is 0 Å². The van der Waals surface area contributed by atoms with Gasteiger partial charge in [0.1, 0.15) is 17.4 Å². The number of benzene rings is 2. The number of aromatic nitrogens is 4. The van der Waals surface area contributed by atoms with Crippen molar-refractivity contribution in [3.8, 4) is 28.6 Å². The first-order valence-corrected chi connectivity index (χ1v) is 15.7. The summed E-state index contributed by atoms with van der Waals surface area (Å²) >= 11 is 0. The number of hydrogen-bond donors (Lipinski definition) is 2. The zero-order chi connectivity index (χ0) is 29.9. The summed E-state index contributed by atoms with van der Waals surface area (Å²) < 4.78 is 47.2. The van der Waals surface area contributed by atoms with Crippen molar-refractivity contribution in [1.82, 2.24) is 24.1 Å². The van der Waals surface area contributed by atoms with Crippen molar-refractivity contribution >= 4 is 15.7 Å². The van der Waals surface area contributed by atoms with E-state index in [4.69, 9.17) is 24.2 Å². The molecule has 1 aliphatic carbocycles. The molecule has 224 valence electrons. The zero-order valence-electron chi connectivity index (χ0n) is 24.4. The highest BCUT2D eigenvalue weighted by Crippen LogP contribution is 2.36. The lowest BCUT2D eigenvalue weighted by Gasteiger charge is -2.14. The van der Waals surface area contributed by atoms with E-state index in [9.17, 15) is 13.2 Å². The van der Waals surface area contributed by atoms with E-state index in [0.29, 0.717) is 53.7 Å². The number of aromatic amines is 1. The zero-order valence-corrected chi connectivity index (χ0v) is 25.2. The molecule has 1 fully saturated rings. The second-order valence-corrected chi connectivity index (χ2v) is 12.1. The molecule has 2 aromatic heterocycles. The molecule has 1 aliphatic rings. The van der Waals surface area contributed by atoms with Crippen LogP contribution < -0.4 is 24.6 Å².